The van der Waals surface area contributed by atoms with Crippen molar-refractivity contribution in [2.45, 2.75) is 82.8 Å². The maximum absolute atomic E-state index is 12.9. The van der Waals surface area contributed by atoms with Gasteiger partial charge in [-0.25, -0.2) is 0 Å². The van der Waals surface area contributed by atoms with Crippen LogP contribution in [0.1, 0.15) is 69.8 Å². The van der Waals surface area contributed by atoms with Crippen molar-refractivity contribution in [2.24, 2.45) is 17.6 Å². The van der Waals surface area contributed by atoms with Crippen LogP contribution in [0.5, 0.6) is 0 Å². The molecule has 0 aliphatic heterocycles. The van der Waals surface area contributed by atoms with Gasteiger partial charge in [0.15, 0.2) is 0 Å². The lowest BCUT2D eigenvalue weighted by Gasteiger charge is -2.38. The molecule has 28 heavy (non-hydrogen) atoms. The van der Waals surface area contributed by atoms with E-state index in [2.05, 4.69) is 5.32 Å². The third kappa shape index (κ3) is 4.57. The fraction of sp³-hybridized carbons (Fsp3) is 0.652. The van der Waals surface area contributed by atoms with Crippen molar-refractivity contribution in [3.8, 4) is 0 Å². The van der Waals surface area contributed by atoms with Crippen LogP contribution in [0.3, 0.4) is 0 Å². The molecule has 5 heteroatoms. The Hall–Kier alpha value is -1.88. The van der Waals surface area contributed by atoms with E-state index >= 15 is 0 Å². The number of hydrogen-bond acceptors (Lipinski definition) is 3. The molecular weight excluding hydrogens is 350 g/mol. The molecule has 3 aliphatic rings. The SMILES string of the molecule is NC1CCCCC1N(Cc1ccc(NC(=O)C2CCCC2)cc1)C(=O)C1CC1. The van der Waals surface area contributed by atoms with Crippen LogP contribution in [0.2, 0.25) is 0 Å². The van der Waals surface area contributed by atoms with Crippen molar-refractivity contribution in [1.82, 2.24) is 4.90 Å². The topological polar surface area (TPSA) is 75.4 Å². The molecule has 0 heterocycles. The molecule has 1 aromatic carbocycles. The highest BCUT2D eigenvalue weighted by molar-refractivity contribution is 5.92. The highest BCUT2D eigenvalue weighted by Crippen LogP contribution is 2.34. The van der Waals surface area contributed by atoms with Crippen LogP contribution in [0.15, 0.2) is 24.3 Å². The van der Waals surface area contributed by atoms with E-state index in [0.717, 1.165) is 69.0 Å². The van der Waals surface area contributed by atoms with E-state index in [9.17, 15) is 9.59 Å². The van der Waals surface area contributed by atoms with E-state index in [1.165, 1.54) is 6.42 Å². The predicted octanol–water partition coefficient (Wildman–Crippen LogP) is 3.82. The van der Waals surface area contributed by atoms with Gasteiger partial charge in [0.05, 0.1) is 0 Å². The Balaban J connectivity index is 1.41. The summed E-state index contributed by atoms with van der Waals surface area (Å²) in [4.78, 5) is 27.3. The van der Waals surface area contributed by atoms with Crippen molar-refractivity contribution in [2.75, 3.05) is 5.32 Å². The van der Waals surface area contributed by atoms with E-state index in [1.807, 2.05) is 29.2 Å². The van der Waals surface area contributed by atoms with E-state index < -0.39 is 0 Å². The number of carbonyl (C=O) groups is 2. The van der Waals surface area contributed by atoms with Crippen LogP contribution in [0, 0.1) is 11.8 Å². The highest BCUT2D eigenvalue weighted by Gasteiger charge is 2.38. The number of rotatable bonds is 6. The zero-order valence-electron chi connectivity index (χ0n) is 16.7. The summed E-state index contributed by atoms with van der Waals surface area (Å²) in [5.74, 6) is 0.795. The molecular formula is C23H33N3O2. The Morgan fingerprint density at radius 1 is 0.893 bits per heavy atom. The molecule has 3 aliphatic carbocycles. The summed E-state index contributed by atoms with van der Waals surface area (Å²) >= 11 is 0. The van der Waals surface area contributed by atoms with Gasteiger partial charge < -0.3 is 16.0 Å². The third-order valence-corrected chi connectivity index (χ3v) is 6.69. The zero-order valence-corrected chi connectivity index (χ0v) is 16.7. The van der Waals surface area contributed by atoms with Crippen molar-refractivity contribution >= 4 is 17.5 Å². The molecule has 2 atom stereocenters. The Labute approximate surface area is 168 Å². The lowest BCUT2D eigenvalue weighted by molar-refractivity contribution is -0.136. The Morgan fingerprint density at radius 2 is 1.54 bits per heavy atom. The molecule has 2 unspecified atom stereocenters. The molecule has 5 nitrogen and oxygen atoms in total. The van der Waals surface area contributed by atoms with Crippen LogP contribution < -0.4 is 11.1 Å². The summed E-state index contributed by atoms with van der Waals surface area (Å²) in [6.45, 7) is 0.616. The number of nitrogens with one attached hydrogen (secondary N) is 1. The van der Waals surface area contributed by atoms with Crippen molar-refractivity contribution in [3.63, 3.8) is 0 Å². The number of nitrogens with zero attached hydrogens (tertiary/aromatic N) is 1. The molecule has 152 valence electrons. The van der Waals surface area contributed by atoms with Gasteiger partial charge in [0, 0.05) is 36.2 Å². The van der Waals surface area contributed by atoms with E-state index in [1.54, 1.807) is 0 Å². The minimum absolute atomic E-state index is 0.0847. The average molecular weight is 384 g/mol. The normalized spacial score (nSPS) is 25.5. The first kappa shape index (κ1) is 19.4. The van der Waals surface area contributed by atoms with E-state index in [0.29, 0.717) is 6.54 Å². The Bertz CT molecular complexity index is 692. The minimum Gasteiger partial charge on any atom is -0.334 e. The number of hydrogen-bond donors (Lipinski definition) is 2. The summed E-state index contributed by atoms with van der Waals surface area (Å²) in [6.07, 6.45) is 10.7. The summed E-state index contributed by atoms with van der Waals surface area (Å²) in [6, 6.07) is 8.23. The largest absolute Gasteiger partial charge is 0.334 e. The first-order valence-electron chi connectivity index (χ1n) is 11.1. The predicted molar refractivity (Wildman–Crippen MR) is 111 cm³/mol. The molecule has 1 aromatic rings. The second kappa shape index (κ2) is 8.64. The second-order valence-electron chi connectivity index (χ2n) is 8.92. The molecule has 0 bridgehead atoms. The van der Waals surface area contributed by atoms with Crippen LogP contribution in [0.25, 0.3) is 0 Å². The van der Waals surface area contributed by atoms with Gasteiger partial charge in [-0.1, -0.05) is 37.8 Å². The quantitative estimate of drug-likeness (QED) is 0.784. The van der Waals surface area contributed by atoms with Gasteiger partial charge in [-0.2, -0.15) is 0 Å². The third-order valence-electron chi connectivity index (χ3n) is 6.69. The Morgan fingerprint density at radius 3 is 2.18 bits per heavy atom. The molecule has 0 spiro atoms. The van der Waals surface area contributed by atoms with Crippen LogP contribution in [-0.2, 0) is 16.1 Å². The molecule has 0 radical (unpaired) electrons. The maximum Gasteiger partial charge on any atom is 0.227 e. The highest BCUT2D eigenvalue weighted by atomic mass is 16.2. The fourth-order valence-corrected chi connectivity index (χ4v) is 4.77. The molecule has 2 amide bonds. The monoisotopic (exact) mass is 383 g/mol. The smallest absolute Gasteiger partial charge is 0.227 e. The average Bonchev–Trinajstić information content (AvgIpc) is 3.41. The van der Waals surface area contributed by atoms with Crippen molar-refractivity contribution in [1.29, 1.82) is 0 Å². The van der Waals surface area contributed by atoms with E-state index in [4.69, 9.17) is 5.73 Å². The molecule has 0 aromatic heterocycles. The first-order chi connectivity index (χ1) is 13.6. The van der Waals surface area contributed by atoms with Gasteiger partial charge in [0.1, 0.15) is 0 Å². The number of anilines is 1. The minimum atomic E-state index is 0.0847. The Kier molecular flexibility index (Phi) is 6.00. The fourth-order valence-electron chi connectivity index (χ4n) is 4.77. The number of benzene rings is 1. The summed E-state index contributed by atoms with van der Waals surface area (Å²) in [7, 11) is 0. The second-order valence-corrected chi connectivity index (χ2v) is 8.92. The lowest BCUT2D eigenvalue weighted by Crippen LogP contribution is -2.52. The van der Waals surface area contributed by atoms with Crippen molar-refractivity contribution in [3.05, 3.63) is 29.8 Å². The maximum atomic E-state index is 12.9. The number of carbonyl (C=O) groups excluding carboxylic acids is 2. The summed E-state index contributed by atoms with van der Waals surface area (Å²) in [5, 5.41) is 3.05. The van der Waals surface area contributed by atoms with Crippen LogP contribution in [-0.4, -0.2) is 28.8 Å². The molecule has 3 N–H and O–H groups in total. The zero-order chi connectivity index (χ0) is 19.5. The van der Waals surface area contributed by atoms with Crippen molar-refractivity contribution < 1.29 is 9.59 Å². The first-order valence-corrected chi connectivity index (χ1v) is 11.1. The van der Waals surface area contributed by atoms with Gasteiger partial charge in [0.2, 0.25) is 11.8 Å². The van der Waals surface area contributed by atoms with Gasteiger partial charge >= 0.3 is 0 Å². The van der Waals surface area contributed by atoms with Gasteiger partial charge in [0.25, 0.3) is 0 Å². The molecule has 0 saturated heterocycles. The van der Waals surface area contributed by atoms with Gasteiger partial charge in [-0.3, -0.25) is 9.59 Å². The van der Waals surface area contributed by atoms with Gasteiger partial charge in [-0.05, 0) is 56.2 Å². The molecule has 3 fully saturated rings. The lowest BCUT2D eigenvalue weighted by atomic mass is 9.89. The molecule has 3 saturated carbocycles. The van der Waals surface area contributed by atoms with E-state index in [-0.39, 0.29) is 35.7 Å². The standard InChI is InChI=1S/C23H33N3O2/c24-20-7-3-4-8-21(20)26(23(28)18-11-12-18)15-16-9-13-19(14-10-16)25-22(27)17-5-1-2-6-17/h9-10,13-14,17-18,20-21H,1-8,11-12,15,24H2,(H,25,27). The van der Waals surface area contributed by atoms with Gasteiger partial charge in [-0.15, -0.1) is 0 Å². The van der Waals surface area contributed by atoms with Crippen LogP contribution in [0.4, 0.5) is 5.69 Å². The van der Waals surface area contributed by atoms with Crippen LogP contribution >= 0.6 is 0 Å². The summed E-state index contributed by atoms with van der Waals surface area (Å²) in [5.41, 5.74) is 8.33. The summed E-state index contributed by atoms with van der Waals surface area (Å²) < 4.78 is 0. The number of amides is 2. The number of nitrogens with two attached hydrogens (primary N) is 1. The molecule has 4 rings (SSSR count).